The Bertz CT molecular complexity index is 798. The Morgan fingerprint density at radius 3 is 2.70 bits per heavy atom. The molecular formula is C16H23N7O3S. The Balaban J connectivity index is 1.66. The molecule has 0 bridgehead atoms. The molecule has 0 aliphatic heterocycles. The second-order valence-electron chi connectivity index (χ2n) is 6.38. The van der Waals surface area contributed by atoms with E-state index in [-0.39, 0.29) is 29.4 Å². The molecule has 2 heterocycles. The number of nitrogens with zero attached hydrogens (tertiary/aromatic N) is 5. The van der Waals surface area contributed by atoms with Crippen molar-refractivity contribution in [2.24, 2.45) is 0 Å². The van der Waals surface area contributed by atoms with Crippen LogP contribution >= 0.6 is 11.8 Å². The molecule has 0 aromatic carbocycles. The Morgan fingerprint density at radius 1 is 1.22 bits per heavy atom. The summed E-state index contributed by atoms with van der Waals surface area (Å²) in [5, 5.41) is 22.0. The Labute approximate surface area is 160 Å². The molecule has 0 spiro atoms. The maximum absolute atomic E-state index is 12.2. The van der Waals surface area contributed by atoms with E-state index in [1.807, 2.05) is 11.5 Å². The predicted molar refractivity (Wildman–Crippen MR) is 99.0 cm³/mol. The fourth-order valence-electron chi connectivity index (χ4n) is 3.09. The van der Waals surface area contributed by atoms with Crippen LogP contribution in [0.4, 0.5) is 5.82 Å². The van der Waals surface area contributed by atoms with Gasteiger partial charge in [0.25, 0.3) is 0 Å². The van der Waals surface area contributed by atoms with Crippen molar-refractivity contribution < 1.29 is 14.2 Å². The molecule has 3 rings (SSSR count). The molecule has 1 aliphatic carbocycles. The van der Waals surface area contributed by atoms with Gasteiger partial charge in [0.1, 0.15) is 0 Å². The van der Waals surface area contributed by atoms with Crippen molar-refractivity contribution in [2.75, 3.05) is 11.1 Å². The lowest BCUT2D eigenvalue weighted by molar-refractivity contribution is -0.119. The van der Waals surface area contributed by atoms with Crippen molar-refractivity contribution in [3.8, 4) is 11.5 Å². The molecule has 1 aliphatic rings. The van der Waals surface area contributed by atoms with E-state index in [1.165, 1.54) is 37.9 Å². The van der Waals surface area contributed by atoms with Crippen LogP contribution in [0.25, 0.3) is 11.5 Å². The van der Waals surface area contributed by atoms with Crippen molar-refractivity contribution in [2.45, 2.75) is 63.7 Å². The van der Waals surface area contributed by atoms with Gasteiger partial charge in [0.05, 0.1) is 5.75 Å². The van der Waals surface area contributed by atoms with Gasteiger partial charge >= 0.3 is 0 Å². The number of hydrogen-bond donors (Lipinski definition) is 2. The lowest BCUT2D eigenvalue weighted by Crippen LogP contribution is -2.37. The van der Waals surface area contributed by atoms with Gasteiger partial charge in [-0.25, -0.2) is 4.63 Å². The number of nitrogens with one attached hydrogen (secondary N) is 2. The predicted octanol–water partition coefficient (Wildman–Crippen LogP) is 1.85. The molecule has 0 saturated heterocycles. The number of carbonyl (C=O) groups excluding carboxylic acids is 2. The molecule has 2 amide bonds. The van der Waals surface area contributed by atoms with E-state index in [4.69, 9.17) is 4.63 Å². The smallest absolute Gasteiger partial charge is 0.230 e. The fourth-order valence-corrected chi connectivity index (χ4v) is 3.90. The first-order valence-electron chi connectivity index (χ1n) is 9.04. The van der Waals surface area contributed by atoms with E-state index in [1.54, 1.807) is 0 Å². The molecule has 2 N–H and O–H groups in total. The molecule has 2 aromatic rings. The van der Waals surface area contributed by atoms with Crippen LogP contribution in [0.2, 0.25) is 0 Å². The third-order valence-electron chi connectivity index (χ3n) is 4.33. The SMILES string of the molecule is CCn1c(SCC(=O)NC2CCCCC2)nnc1-c1nonc1NC(C)=O. The van der Waals surface area contributed by atoms with Gasteiger partial charge in [-0.2, -0.15) is 0 Å². The maximum atomic E-state index is 12.2. The summed E-state index contributed by atoms with van der Waals surface area (Å²) in [6.07, 6.45) is 5.70. The third-order valence-corrected chi connectivity index (χ3v) is 5.30. The highest BCUT2D eigenvalue weighted by atomic mass is 32.2. The monoisotopic (exact) mass is 393 g/mol. The normalized spacial score (nSPS) is 14.9. The van der Waals surface area contributed by atoms with E-state index in [9.17, 15) is 9.59 Å². The minimum absolute atomic E-state index is 0.00106. The first-order valence-corrected chi connectivity index (χ1v) is 10.0. The summed E-state index contributed by atoms with van der Waals surface area (Å²) in [5.74, 6) is 0.600. The van der Waals surface area contributed by atoms with Gasteiger partial charge < -0.3 is 15.2 Å². The van der Waals surface area contributed by atoms with Crippen molar-refractivity contribution in [1.82, 2.24) is 30.4 Å². The van der Waals surface area contributed by atoms with Crippen LogP contribution in [0.3, 0.4) is 0 Å². The van der Waals surface area contributed by atoms with Gasteiger partial charge in [-0.05, 0) is 30.1 Å². The van der Waals surface area contributed by atoms with Crippen LogP contribution in [0.15, 0.2) is 9.79 Å². The maximum Gasteiger partial charge on any atom is 0.230 e. The summed E-state index contributed by atoms with van der Waals surface area (Å²) in [6, 6.07) is 0.285. The van der Waals surface area contributed by atoms with E-state index in [2.05, 4.69) is 31.1 Å². The number of carbonyl (C=O) groups is 2. The molecule has 1 fully saturated rings. The van der Waals surface area contributed by atoms with Crippen molar-refractivity contribution in [1.29, 1.82) is 0 Å². The van der Waals surface area contributed by atoms with Crippen LogP contribution in [0.1, 0.15) is 46.0 Å². The number of amides is 2. The lowest BCUT2D eigenvalue weighted by Gasteiger charge is -2.22. The first-order chi connectivity index (χ1) is 13.1. The fraction of sp³-hybridized carbons (Fsp3) is 0.625. The zero-order valence-electron chi connectivity index (χ0n) is 15.4. The topological polar surface area (TPSA) is 128 Å². The molecule has 11 heteroatoms. The second-order valence-corrected chi connectivity index (χ2v) is 7.33. The number of rotatable bonds is 7. The lowest BCUT2D eigenvalue weighted by atomic mass is 9.95. The minimum Gasteiger partial charge on any atom is -0.353 e. The Hall–Kier alpha value is -2.43. The van der Waals surface area contributed by atoms with E-state index in [0.29, 0.717) is 23.2 Å². The highest BCUT2D eigenvalue weighted by Crippen LogP contribution is 2.27. The van der Waals surface area contributed by atoms with Crippen LogP contribution in [-0.2, 0) is 16.1 Å². The second kappa shape index (κ2) is 8.98. The summed E-state index contributed by atoms with van der Waals surface area (Å²) < 4.78 is 6.53. The van der Waals surface area contributed by atoms with Gasteiger partial charge in [0.2, 0.25) is 17.6 Å². The molecule has 146 valence electrons. The number of hydrogen-bond acceptors (Lipinski definition) is 8. The highest BCUT2D eigenvalue weighted by molar-refractivity contribution is 7.99. The van der Waals surface area contributed by atoms with Crippen molar-refractivity contribution in [3.05, 3.63) is 0 Å². The van der Waals surface area contributed by atoms with Gasteiger partial charge in [0.15, 0.2) is 16.7 Å². The average molecular weight is 393 g/mol. The Kier molecular flexibility index (Phi) is 6.43. The quantitative estimate of drug-likeness (QED) is 0.682. The van der Waals surface area contributed by atoms with Gasteiger partial charge in [0, 0.05) is 19.5 Å². The number of anilines is 1. The van der Waals surface area contributed by atoms with Crippen molar-refractivity contribution >= 4 is 29.4 Å². The Morgan fingerprint density at radius 2 is 2.00 bits per heavy atom. The average Bonchev–Trinajstić information content (AvgIpc) is 3.26. The van der Waals surface area contributed by atoms with Crippen LogP contribution < -0.4 is 10.6 Å². The molecule has 0 unspecified atom stereocenters. The van der Waals surface area contributed by atoms with Gasteiger partial charge in [-0.3, -0.25) is 9.59 Å². The van der Waals surface area contributed by atoms with Crippen LogP contribution in [-0.4, -0.2) is 48.7 Å². The summed E-state index contributed by atoms with van der Waals surface area (Å²) in [6.45, 7) is 3.88. The summed E-state index contributed by atoms with van der Waals surface area (Å²) >= 11 is 1.32. The van der Waals surface area contributed by atoms with E-state index < -0.39 is 0 Å². The molecule has 2 aromatic heterocycles. The summed E-state index contributed by atoms with van der Waals surface area (Å²) in [7, 11) is 0. The molecule has 10 nitrogen and oxygen atoms in total. The molecule has 0 radical (unpaired) electrons. The zero-order chi connectivity index (χ0) is 19.2. The minimum atomic E-state index is -0.288. The number of aromatic nitrogens is 5. The van der Waals surface area contributed by atoms with Gasteiger partial charge in [-0.1, -0.05) is 31.0 Å². The van der Waals surface area contributed by atoms with Crippen LogP contribution in [0.5, 0.6) is 0 Å². The zero-order valence-corrected chi connectivity index (χ0v) is 16.2. The molecule has 27 heavy (non-hydrogen) atoms. The highest BCUT2D eigenvalue weighted by Gasteiger charge is 2.22. The van der Waals surface area contributed by atoms with E-state index in [0.717, 1.165) is 12.8 Å². The number of thioether (sulfide) groups is 1. The molecular weight excluding hydrogens is 370 g/mol. The molecule has 1 saturated carbocycles. The van der Waals surface area contributed by atoms with Crippen LogP contribution in [0, 0.1) is 0 Å². The van der Waals surface area contributed by atoms with Crippen molar-refractivity contribution in [3.63, 3.8) is 0 Å². The largest absolute Gasteiger partial charge is 0.353 e. The first kappa shape index (κ1) is 19.3. The van der Waals surface area contributed by atoms with Gasteiger partial charge in [-0.15, -0.1) is 10.2 Å². The molecule has 0 atom stereocenters. The standard InChI is InChI=1S/C16H23N7O3S/c1-3-23-15(13-14(17-10(2)24)22-26-21-13)19-20-16(23)27-9-12(25)18-11-7-5-4-6-8-11/h11H,3-9H2,1-2H3,(H,18,25)(H,17,22,24). The van der Waals surface area contributed by atoms with E-state index >= 15 is 0 Å². The summed E-state index contributed by atoms with van der Waals surface area (Å²) in [4.78, 5) is 23.5. The summed E-state index contributed by atoms with van der Waals surface area (Å²) in [5.41, 5.74) is 0.304. The third kappa shape index (κ3) is 4.85.